The molecule has 3 rings (SSSR count). The van der Waals surface area contributed by atoms with E-state index in [2.05, 4.69) is 12.2 Å². The van der Waals surface area contributed by atoms with E-state index in [1.54, 1.807) is 24.3 Å². The van der Waals surface area contributed by atoms with Crippen molar-refractivity contribution in [1.29, 1.82) is 0 Å². The Labute approximate surface area is 152 Å². The average Bonchev–Trinajstić information content (AvgIpc) is 2.90. The summed E-state index contributed by atoms with van der Waals surface area (Å²) in [5.41, 5.74) is 1.38. The molecule has 3 amide bonds. The van der Waals surface area contributed by atoms with Gasteiger partial charge in [-0.25, -0.2) is 0 Å². The molecule has 26 heavy (non-hydrogen) atoms. The number of anilines is 1. The first-order valence-corrected chi connectivity index (χ1v) is 8.87. The first kappa shape index (κ1) is 18.1. The number of rotatable bonds is 5. The third kappa shape index (κ3) is 3.62. The van der Waals surface area contributed by atoms with Crippen molar-refractivity contribution in [3.63, 3.8) is 0 Å². The molecule has 0 aromatic heterocycles. The highest BCUT2D eigenvalue weighted by molar-refractivity contribution is 6.17. The summed E-state index contributed by atoms with van der Waals surface area (Å²) in [6.07, 6.45) is 4.43. The second kappa shape index (κ2) is 7.70. The minimum Gasteiger partial charge on any atom is -0.395 e. The van der Waals surface area contributed by atoms with Gasteiger partial charge in [0, 0.05) is 29.9 Å². The van der Waals surface area contributed by atoms with Crippen molar-refractivity contribution in [2.75, 3.05) is 25.0 Å². The molecule has 0 bridgehead atoms. The molecular formula is C19H23N3O4. The molecule has 0 aliphatic carbocycles. The molecule has 1 fully saturated rings. The Morgan fingerprint density at radius 1 is 1.23 bits per heavy atom. The minimum absolute atomic E-state index is 0.0178. The second-order valence-electron chi connectivity index (χ2n) is 6.62. The maximum Gasteiger partial charge on any atom is 0.277 e. The number of nitrogens with one attached hydrogen (secondary N) is 1. The molecule has 7 heteroatoms. The number of benzene rings is 1. The van der Waals surface area contributed by atoms with Crippen LogP contribution < -0.4 is 5.32 Å². The Hall–Kier alpha value is -2.67. The van der Waals surface area contributed by atoms with Crippen LogP contribution in [0.2, 0.25) is 0 Å². The van der Waals surface area contributed by atoms with Crippen molar-refractivity contribution < 1.29 is 19.5 Å². The van der Waals surface area contributed by atoms with Gasteiger partial charge in [-0.1, -0.05) is 0 Å². The normalized spacial score (nSPS) is 20.4. The SMILES string of the molecule is CC1CCCCN1C(=O)c1ccc(NC2=CC(=O)N(CCO)C2=O)cc1. The topological polar surface area (TPSA) is 90.0 Å². The van der Waals surface area contributed by atoms with E-state index in [1.165, 1.54) is 6.08 Å². The van der Waals surface area contributed by atoms with E-state index in [0.29, 0.717) is 11.3 Å². The molecule has 2 heterocycles. The van der Waals surface area contributed by atoms with E-state index in [9.17, 15) is 14.4 Å². The zero-order valence-electron chi connectivity index (χ0n) is 14.8. The number of piperidine rings is 1. The molecule has 1 unspecified atom stereocenters. The summed E-state index contributed by atoms with van der Waals surface area (Å²) in [5.74, 6) is -0.895. The van der Waals surface area contributed by atoms with Crippen LogP contribution in [0, 0.1) is 0 Å². The average molecular weight is 357 g/mol. The fourth-order valence-electron chi connectivity index (χ4n) is 3.33. The number of amides is 3. The number of imide groups is 1. The minimum atomic E-state index is -0.466. The quantitative estimate of drug-likeness (QED) is 0.777. The van der Waals surface area contributed by atoms with Crippen molar-refractivity contribution in [1.82, 2.24) is 9.80 Å². The molecular weight excluding hydrogens is 334 g/mol. The number of β-amino-alcohol motifs (C(OH)–C–C–N with tert-alkyl or cyclic N) is 1. The van der Waals surface area contributed by atoms with Gasteiger partial charge in [0.15, 0.2) is 0 Å². The first-order chi connectivity index (χ1) is 12.5. The van der Waals surface area contributed by atoms with Crippen LogP contribution in [0.25, 0.3) is 0 Å². The summed E-state index contributed by atoms with van der Waals surface area (Å²) in [5, 5.41) is 11.8. The maximum absolute atomic E-state index is 12.6. The summed E-state index contributed by atoms with van der Waals surface area (Å²) in [7, 11) is 0. The molecule has 1 aromatic rings. The third-order valence-corrected chi connectivity index (χ3v) is 4.81. The number of carbonyl (C=O) groups excluding carboxylic acids is 3. The maximum atomic E-state index is 12.6. The van der Waals surface area contributed by atoms with E-state index in [0.717, 1.165) is 30.7 Å². The fraction of sp³-hybridized carbons (Fsp3) is 0.421. The van der Waals surface area contributed by atoms with Crippen LogP contribution in [0.1, 0.15) is 36.5 Å². The molecule has 2 aliphatic heterocycles. The molecule has 2 N–H and O–H groups in total. The van der Waals surface area contributed by atoms with Gasteiger partial charge in [-0.15, -0.1) is 0 Å². The predicted molar refractivity (Wildman–Crippen MR) is 96.3 cm³/mol. The van der Waals surface area contributed by atoms with Crippen LogP contribution >= 0.6 is 0 Å². The number of hydrogen-bond acceptors (Lipinski definition) is 5. The van der Waals surface area contributed by atoms with Gasteiger partial charge in [0.05, 0.1) is 13.2 Å². The smallest absolute Gasteiger partial charge is 0.277 e. The zero-order valence-corrected chi connectivity index (χ0v) is 14.8. The van der Waals surface area contributed by atoms with Gasteiger partial charge in [0.2, 0.25) is 0 Å². The van der Waals surface area contributed by atoms with Crippen LogP contribution in [-0.2, 0) is 9.59 Å². The number of likely N-dealkylation sites (tertiary alicyclic amines) is 1. The zero-order chi connectivity index (χ0) is 18.7. The Morgan fingerprint density at radius 2 is 1.96 bits per heavy atom. The fourth-order valence-corrected chi connectivity index (χ4v) is 3.33. The number of nitrogens with zero attached hydrogens (tertiary/aromatic N) is 2. The van der Waals surface area contributed by atoms with Gasteiger partial charge in [0.1, 0.15) is 5.70 Å². The van der Waals surface area contributed by atoms with Gasteiger partial charge in [-0.2, -0.15) is 0 Å². The first-order valence-electron chi connectivity index (χ1n) is 8.87. The van der Waals surface area contributed by atoms with E-state index in [-0.39, 0.29) is 30.8 Å². The second-order valence-corrected chi connectivity index (χ2v) is 6.62. The molecule has 7 nitrogen and oxygen atoms in total. The summed E-state index contributed by atoms with van der Waals surface area (Å²) in [6.45, 7) is 2.55. The van der Waals surface area contributed by atoms with Crippen LogP contribution in [0.15, 0.2) is 36.0 Å². The number of carbonyl (C=O) groups is 3. The van der Waals surface area contributed by atoms with Gasteiger partial charge in [-0.05, 0) is 50.5 Å². The molecule has 138 valence electrons. The lowest BCUT2D eigenvalue weighted by Crippen LogP contribution is -2.42. The van der Waals surface area contributed by atoms with E-state index < -0.39 is 11.8 Å². The van der Waals surface area contributed by atoms with Crippen molar-refractivity contribution in [3.8, 4) is 0 Å². The predicted octanol–water partition coefficient (Wildman–Crippen LogP) is 1.36. The van der Waals surface area contributed by atoms with Crippen LogP contribution in [-0.4, -0.2) is 58.4 Å². The van der Waals surface area contributed by atoms with Crippen LogP contribution in [0.3, 0.4) is 0 Å². The Kier molecular flexibility index (Phi) is 5.37. The standard InChI is InChI=1S/C19H23N3O4/c1-13-4-2-3-9-21(13)18(25)14-5-7-15(8-6-14)20-16-12-17(24)22(10-11-23)19(16)26/h5-8,12-13,20,23H,2-4,9-11H2,1H3. The van der Waals surface area contributed by atoms with Gasteiger partial charge >= 0.3 is 0 Å². The lowest BCUT2D eigenvalue weighted by Gasteiger charge is -2.33. The Morgan fingerprint density at radius 3 is 2.62 bits per heavy atom. The molecule has 1 aromatic carbocycles. The molecule has 1 saturated heterocycles. The molecule has 0 saturated carbocycles. The van der Waals surface area contributed by atoms with Crippen molar-refractivity contribution in [3.05, 3.63) is 41.6 Å². The van der Waals surface area contributed by atoms with Gasteiger partial charge < -0.3 is 15.3 Å². The van der Waals surface area contributed by atoms with Crippen LogP contribution in [0.5, 0.6) is 0 Å². The summed E-state index contributed by atoms with van der Waals surface area (Å²) >= 11 is 0. The molecule has 0 spiro atoms. The van der Waals surface area contributed by atoms with Crippen molar-refractivity contribution >= 4 is 23.4 Å². The Balaban J connectivity index is 1.67. The molecule has 1 atom stereocenters. The lowest BCUT2D eigenvalue weighted by atomic mass is 10.0. The van der Waals surface area contributed by atoms with Gasteiger partial charge in [-0.3, -0.25) is 19.3 Å². The van der Waals surface area contributed by atoms with Crippen LogP contribution in [0.4, 0.5) is 5.69 Å². The largest absolute Gasteiger partial charge is 0.395 e. The molecule has 0 radical (unpaired) electrons. The summed E-state index contributed by atoms with van der Waals surface area (Å²) in [4.78, 5) is 39.4. The summed E-state index contributed by atoms with van der Waals surface area (Å²) < 4.78 is 0. The highest BCUT2D eigenvalue weighted by Gasteiger charge is 2.30. The highest BCUT2D eigenvalue weighted by atomic mass is 16.3. The van der Waals surface area contributed by atoms with E-state index in [1.807, 2.05) is 4.90 Å². The highest BCUT2D eigenvalue weighted by Crippen LogP contribution is 2.21. The molecule has 2 aliphatic rings. The number of aliphatic hydroxyl groups excluding tert-OH is 1. The lowest BCUT2D eigenvalue weighted by molar-refractivity contribution is -0.137. The Bertz CT molecular complexity index is 742. The van der Waals surface area contributed by atoms with Crippen molar-refractivity contribution in [2.24, 2.45) is 0 Å². The number of aliphatic hydroxyl groups is 1. The summed E-state index contributed by atoms with van der Waals surface area (Å²) in [6, 6.07) is 7.13. The van der Waals surface area contributed by atoms with Gasteiger partial charge in [0.25, 0.3) is 17.7 Å². The van der Waals surface area contributed by atoms with Crippen molar-refractivity contribution in [2.45, 2.75) is 32.2 Å². The monoisotopic (exact) mass is 357 g/mol. The number of hydrogen-bond donors (Lipinski definition) is 2. The third-order valence-electron chi connectivity index (χ3n) is 4.81. The van der Waals surface area contributed by atoms with E-state index in [4.69, 9.17) is 5.11 Å². The van der Waals surface area contributed by atoms with E-state index >= 15 is 0 Å².